The molecule has 0 atom stereocenters. The third-order valence-corrected chi connectivity index (χ3v) is 6.24. The van der Waals surface area contributed by atoms with Crippen molar-refractivity contribution in [3.8, 4) is 5.75 Å². The maximum Gasteiger partial charge on any atom is 0.303 e. The monoisotopic (exact) mass is 480 g/mol. The Hall–Kier alpha value is -2.69. The van der Waals surface area contributed by atoms with Gasteiger partial charge in [-0.15, -0.1) is 0 Å². The molecule has 5 heteroatoms. The van der Waals surface area contributed by atoms with Gasteiger partial charge in [-0.3, -0.25) is 4.79 Å². The SMILES string of the molecule is CCCCCCCCc1ccc(N=Nc2ccc(OCCCCCCCCC(=O)O)c(C)c2)cc1. The van der Waals surface area contributed by atoms with Gasteiger partial charge in [0.15, 0.2) is 0 Å². The zero-order chi connectivity index (χ0) is 25.1. The Morgan fingerprint density at radius 1 is 0.771 bits per heavy atom. The van der Waals surface area contributed by atoms with Crippen molar-refractivity contribution < 1.29 is 14.6 Å². The molecule has 0 spiro atoms. The summed E-state index contributed by atoms with van der Waals surface area (Å²) in [4.78, 5) is 10.5. The number of aliphatic carboxylic acids is 1. The molecule has 0 aliphatic heterocycles. The number of nitrogens with zero attached hydrogens (tertiary/aromatic N) is 2. The third-order valence-electron chi connectivity index (χ3n) is 6.24. The van der Waals surface area contributed by atoms with Crippen molar-refractivity contribution in [1.82, 2.24) is 0 Å². The molecule has 0 radical (unpaired) electrons. The highest BCUT2D eigenvalue weighted by atomic mass is 16.5. The van der Waals surface area contributed by atoms with Crippen LogP contribution in [-0.2, 0) is 11.2 Å². The molecule has 2 aromatic rings. The van der Waals surface area contributed by atoms with Gasteiger partial charge in [-0.2, -0.15) is 10.2 Å². The Labute approximate surface area is 212 Å². The topological polar surface area (TPSA) is 71.2 Å². The molecule has 35 heavy (non-hydrogen) atoms. The quantitative estimate of drug-likeness (QED) is 0.161. The Bertz CT molecular complexity index is 878. The van der Waals surface area contributed by atoms with E-state index in [-0.39, 0.29) is 6.42 Å². The molecule has 0 aromatic heterocycles. The van der Waals surface area contributed by atoms with E-state index < -0.39 is 5.97 Å². The van der Waals surface area contributed by atoms with Crippen molar-refractivity contribution in [3.05, 3.63) is 53.6 Å². The van der Waals surface area contributed by atoms with Crippen LogP contribution in [0.1, 0.15) is 102 Å². The first-order valence-electron chi connectivity index (χ1n) is 13.5. The first-order chi connectivity index (χ1) is 17.1. The molecular weight excluding hydrogens is 436 g/mol. The Kier molecular flexibility index (Phi) is 14.4. The van der Waals surface area contributed by atoms with E-state index in [9.17, 15) is 4.79 Å². The summed E-state index contributed by atoms with van der Waals surface area (Å²) in [7, 11) is 0. The Morgan fingerprint density at radius 3 is 2.06 bits per heavy atom. The van der Waals surface area contributed by atoms with Crippen molar-refractivity contribution in [2.45, 2.75) is 104 Å². The van der Waals surface area contributed by atoms with Crippen LogP contribution in [0.5, 0.6) is 5.75 Å². The summed E-state index contributed by atoms with van der Waals surface area (Å²) in [6, 6.07) is 14.4. The van der Waals surface area contributed by atoms with Crippen molar-refractivity contribution in [2.75, 3.05) is 6.61 Å². The molecule has 192 valence electrons. The van der Waals surface area contributed by atoms with Crippen LogP contribution in [-0.4, -0.2) is 17.7 Å². The van der Waals surface area contributed by atoms with Crippen LogP contribution >= 0.6 is 0 Å². The smallest absolute Gasteiger partial charge is 0.303 e. The zero-order valence-electron chi connectivity index (χ0n) is 21.8. The van der Waals surface area contributed by atoms with E-state index in [1.165, 1.54) is 44.1 Å². The summed E-state index contributed by atoms with van der Waals surface area (Å²) in [6.45, 7) is 4.99. The predicted octanol–water partition coefficient (Wildman–Crippen LogP) is 9.51. The normalized spacial score (nSPS) is 11.3. The molecule has 0 fully saturated rings. The number of azo groups is 1. The van der Waals surface area contributed by atoms with Gasteiger partial charge in [0, 0.05) is 6.42 Å². The van der Waals surface area contributed by atoms with Gasteiger partial charge in [-0.25, -0.2) is 0 Å². The molecule has 0 aliphatic rings. The lowest BCUT2D eigenvalue weighted by Crippen LogP contribution is -1.99. The standard InChI is InChI=1S/C30H44N2O3/c1-3-4-5-6-9-12-15-26-17-19-27(20-18-26)31-32-28-21-22-29(25(2)24-28)35-23-14-11-8-7-10-13-16-30(33)34/h17-22,24H,3-16,23H2,1-2H3,(H,33,34). The summed E-state index contributed by atoms with van der Waals surface area (Å²) in [5, 5.41) is 17.4. The molecular formula is C30H44N2O3. The number of rotatable bonds is 19. The van der Waals surface area contributed by atoms with Crippen LogP contribution in [0.4, 0.5) is 11.4 Å². The molecule has 2 rings (SSSR count). The summed E-state index contributed by atoms with van der Waals surface area (Å²) in [5.41, 5.74) is 4.13. The lowest BCUT2D eigenvalue weighted by molar-refractivity contribution is -0.137. The number of hydrogen-bond acceptors (Lipinski definition) is 4. The minimum absolute atomic E-state index is 0.281. The maximum atomic E-state index is 10.5. The highest BCUT2D eigenvalue weighted by molar-refractivity contribution is 5.66. The summed E-state index contributed by atoms with van der Waals surface area (Å²) in [5.74, 6) is 0.193. The molecule has 0 aliphatic carbocycles. The number of carboxylic acid groups (broad SMARTS) is 1. The first kappa shape index (κ1) is 28.5. The fourth-order valence-electron chi connectivity index (χ4n) is 4.08. The number of benzene rings is 2. The third kappa shape index (κ3) is 13.1. The average Bonchev–Trinajstić information content (AvgIpc) is 2.85. The van der Waals surface area contributed by atoms with E-state index >= 15 is 0 Å². The van der Waals surface area contributed by atoms with Crippen LogP contribution < -0.4 is 4.74 Å². The second-order valence-electron chi connectivity index (χ2n) is 9.45. The van der Waals surface area contributed by atoms with E-state index in [1.54, 1.807) is 0 Å². The van der Waals surface area contributed by atoms with E-state index in [2.05, 4.69) is 29.3 Å². The number of carboxylic acids is 1. The second-order valence-corrected chi connectivity index (χ2v) is 9.45. The lowest BCUT2D eigenvalue weighted by Gasteiger charge is -2.09. The predicted molar refractivity (Wildman–Crippen MR) is 144 cm³/mol. The largest absolute Gasteiger partial charge is 0.493 e. The number of aryl methyl sites for hydroxylation is 2. The molecule has 0 saturated heterocycles. The molecule has 0 amide bonds. The highest BCUT2D eigenvalue weighted by Gasteiger charge is 2.02. The zero-order valence-corrected chi connectivity index (χ0v) is 21.8. The van der Waals surface area contributed by atoms with Gasteiger partial charge in [0.1, 0.15) is 5.75 Å². The maximum absolute atomic E-state index is 10.5. The first-order valence-corrected chi connectivity index (χ1v) is 13.5. The van der Waals surface area contributed by atoms with E-state index in [0.717, 1.165) is 67.6 Å². The van der Waals surface area contributed by atoms with E-state index in [4.69, 9.17) is 9.84 Å². The van der Waals surface area contributed by atoms with Crippen LogP contribution in [0.15, 0.2) is 52.7 Å². The minimum atomic E-state index is -0.700. The molecule has 0 saturated carbocycles. The van der Waals surface area contributed by atoms with Crippen molar-refractivity contribution in [1.29, 1.82) is 0 Å². The number of carbonyl (C=O) groups is 1. The fourth-order valence-corrected chi connectivity index (χ4v) is 4.08. The van der Waals surface area contributed by atoms with E-state index in [1.807, 2.05) is 37.3 Å². The van der Waals surface area contributed by atoms with Crippen LogP contribution in [0.25, 0.3) is 0 Å². The number of ether oxygens (including phenoxy) is 1. The van der Waals surface area contributed by atoms with Crippen molar-refractivity contribution in [2.24, 2.45) is 10.2 Å². The van der Waals surface area contributed by atoms with Gasteiger partial charge in [0.2, 0.25) is 0 Å². The second kappa shape index (κ2) is 17.7. The highest BCUT2D eigenvalue weighted by Crippen LogP contribution is 2.26. The van der Waals surface area contributed by atoms with Gasteiger partial charge in [0.05, 0.1) is 18.0 Å². The van der Waals surface area contributed by atoms with E-state index in [0.29, 0.717) is 6.61 Å². The van der Waals surface area contributed by atoms with Crippen molar-refractivity contribution >= 4 is 17.3 Å². The van der Waals surface area contributed by atoms with Gasteiger partial charge in [-0.1, -0.05) is 76.8 Å². The van der Waals surface area contributed by atoms with Crippen LogP contribution in [0.3, 0.4) is 0 Å². The van der Waals surface area contributed by atoms with Gasteiger partial charge >= 0.3 is 5.97 Å². The molecule has 0 heterocycles. The average molecular weight is 481 g/mol. The van der Waals surface area contributed by atoms with Gasteiger partial charge in [0.25, 0.3) is 0 Å². The number of unbranched alkanes of at least 4 members (excludes halogenated alkanes) is 10. The summed E-state index contributed by atoms with van der Waals surface area (Å²) >= 11 is 0. The Balaban J connectivity index is 1.66. The molecule has 5 nitrogen and oxygen atoms in total. The minimum Gasteiger partial charge on any atom is -0.493 e. The molecule has 1 N–H and O–H groups in total. The van der Waals surface area contributed by atoms with Crippen molar-refractivity contribution in [3.63, 3.8) is 0 Å². The number of hydrogen-bond donors (Lipinski definition) is 1. The molecule has 0 unspecified atom stereocenters. The Morgan fingerprint density at radius 2 is 1.37 bits per heavy atom. The van der Waals surface area contributed by atoms with Crippen LogP contribution in [0.2, 0.25) is 0 Å². The van der Waals surface area contributed by atoms with Gasteiger partial charge < -0.3 is 9.84 Å². The molecule has 2 aromatic carbocycles. The summed E-state index contributed by atoms with van der Waals surface area (Å²) in [6.07, 6.45) is 15.5. The lowest BCUT2D eigenvalue weighted by atomic mass is 10.0. The fraction of sp³-hybridized carbons (Fsp3) is 0.567. The summed E-state index contributed by atoms with van der Waals surface area (Å²) < 4.78 is 5.94. The van der Waals surface area contributed by atoms with Crippen LogP contribution in [0, 0.1) is 6.92 Å². The van der Waals surface area contributed by atoms with Gasteiger partial charge in [-0.05, 0) is 74.1 Å². The molecule has 0 bridgehead atoms.